The second kappa shape index (κ2) is 16.5. The van der Waals surface area contributed by atoms with E-state index in [9.17, 15) is 14.4 Å². The lowest BCUT2D eigenvalue weighted by molar-refractivity contribution is -0.141. The van der Waals surface area contributed by atoms with Gasteiger partial charge in [0.2, 0.25) is 0 Å². The average molecular weight is 539 g/mol. The number of hydrogen-bond donors (Lipinski definition) is 2. The zero-order valence-corrected chi connectivity index (χ0v) is 23.0. The summed E-state index contributed by atoms with van der Waals surface area (Å²) in [6, 6.07) is 12.8. The number of allylic oxidation sites excluding steroid dienone is 1. The maximum atomic E-state index is 12.7. The number of rotatable bonds is 14. The Morgan fingerprint density at radius 1 is 0.949 bits per heavy atom. The first-order valence-electron chi connectivity index (χ1n) is 12.9. The molecule has 0 aliphatic carbocycles. The van der Waals surface area contributed by atoms with Crippen LogP contribution in [-0.2, 0) is 19.0 Å². The standard InChI is InChI=1S/C30H38N2O7/c1-6-10-17-36-29(34)31-24-14-11-21(5)27(18-24)32-30(35)39-26(20-38-28(33)9-4)19-37-25-15-12-23(13-16-25)22(7-2)8-3/h6,9-16,18,22,26H,4,7-8,17,19-20H2,1-3,5H3,(H,31,34)(H,32,35)/b10-6+. The Balaban J connectivity index is 2.03. The SMILES string of the molecule is C=CC(=O)OCC(COc1ccc(C(CC)CC)cc1)OC(=O)Nc1cc(NC(=O)OC/C=C/C)ccc1C. The van der Waals surface area contributed by atoms with Crippen molar-refractivity contribution < 1.29 is 33.3 Å². The molecule has 0 fully saturated rings. The van der Waals surface area contributed by atoms with Crippen molar-refractivity contribution in [2.24, 2.45) is 0 Å². The van der Waals surface area contributed by atoms with Crippen LogP contribution < -0.4 is 15.4 Å². The van der Waals surface area contributed by atoms with Crippen molar-refractivity contribution >= 4 is 29.5 Å². The molecule has 0 bridgehead atoms. The van der Waals surface area contributed by atoms with Gasteiger partial charge in [0, 0.05) is 17.5 Å². The zero-order chi connectivity index (χ0) is 28.6. The molecular weight excluding hydrogens is 500 g/mol. The summed E-state index contributed by atoms with van der Waals surface area (Å²) in [6.45, 7) is 11.2. The summed E-state index contributed by atoms with van der Waals surface area (Å²) in [6.07, 6.45) is 4.31. The van der Waals surface area contributed by atoms with Crippen LogP contribution >= 0.6 is 0 Å². The van der Waals surface area contributed by atoms with Gasteiger partial charge in [-0.15, -0.1) is 0 Å². The smallest absolute Gasteiger partial charge is 0.412 e. The van der Waals surface area contributed by atoms with Crippen LogP contribution in [-0.4, -0.2) is 44.1 Å². The van der Waals surface area contributed by atoms with Crippen LogP contribution in [0.4, 0.5) is 21.0 Å². The van der Waals surface area contributed by atoms with Gasteiger partial charge in [-0.25, -0.2) is 14.4 Å². The van der Waals surface area contributed by atoms with Gasteiger partial charge in [-0.2, -0.15) is 0 Å². The van der Waals surface area contributed by atoms with E-state index >= 15 is 0 Å². The number of carbonyl (C=O) groups excluding carboxylic acids is 3. The monoisotopic (exact) mass is 538 g/mol. The van der Waals surface area contributed by atoms with Crippen molar-refractivity contribution in [1.29, 1.82) is 0 Å². The van der Waals surface area contributed by atoms with Gasteiger partial charge in [-0.1, -0.05) is 50.8 Å². The summed E-state index contributed by atoms with van der Waals surface area (Å²) in [7, 11) is 0. The Morgan fingerprint density at radius 2 is 1.67 bits per heavy atom. The molecule has 0 aromatic heterocycles. The molecule has 2 rings (SSSR count). The maximum Gasteiger partial charge on any atom is 0.412 e. The van der Waals surface area contributed by atoms with E-state index in [1.807, 2.05) is 31.2 Å². The quantitative estimate of drug-likeness (QED) is 0.118. The fourth-order valence-electron chi connectivity index (χ4n) is 3.63. The highest BCUT2D eigenvalue weighted by atomic mass is 16.6. The molecule has 210 valence electrons. The molecule has 9 heteroatoms. The van der Waals surface area contributed by atoms with Crippen molar-refractivity contribution in [2.45, 2.75) is 52.6 Å². The summed E-state index contributed by atoms with van der Waals surface area (Å²) < 4.78 is 21.4. The molecule has 2 amide bonds. The normalized spacial score (nSPS) is 11.5. The summed E-state index contributed by atoms with van der Waals surface area (Å²) in [5.74, 6) is 0.442. The molecule has 0 saturated heterocycles. The topological polar surface area (TPSA) is 112 Å². The van der Waals surface area contributed by atoms with Gasteiger partial charge in [-0.3, -0.25) is 10.6 Å². The first kappa shape index (κ1) is 31.0. The van der Waals surface area contributed by atoms with Crippen molar-refractivity contribution in [2.75, 3.05) is 30.5 Å². The van der Waals surface area contributed by atoms with Crippen LogP contribution in [0.25, 0.3) is 0 Å². The number of ether oxygens (including phenoxy) is 4. The zero-order valence-electron chi connectivity index (χ0n) is 23.0. The van der Waals surface area contributed by atoms with Gasteiger partial charge in [0.15, 0.2) is 6.10 Å². The first-order valence-corrected chi connectivity index (χ1v) is 12.9. The van der Waals surface area contributed by atoms with E-state index in [0.29, 0.717) is 23.0 Å². The highest BCUT2D eigenvalue weighted by Crippen LogP contribution is 2.25. The molecule has 2 aromatic rings. The van der Waals surface area contributed by atoms with E-state index in [0.717, 1.165) is 24.5 Å². The Hall–Kier alpha value is -4.27. The highest BCUT2D eigenvalue weighted by Gasteiger charge is 2.19. The van der Waals surface area contributed by atoms with E-state index in [1.54, 1.807) is 37.3 Å². The number of anilines is 2. The lowest BCUT2D eigenvalue weighted by Crippen LogP contribution is -2.32. The van der Waals surface area contributed by atoms with Crippen molar-refractivity contribution in [1.82, 2.24) is 0 Å². The van der Waals surface area contributed by atoms with E-state index in [4.69, 9.17) is 18.9 Å². The fraction of sp³-hybridized carbons (Fsp3) is 0.367. The number of nitrogens with one attached hydrogen (secondary N) is 2. The van der Waals surface area contributed by atoms with Gasteiger partial charge in [-0.05, 0) is 68.0 Å². The molecule has 0 radical (unpaired) electrons. The van der Waals surface area contributed by atoms with Crippen LogP contribution in [0.5, 0.6) is 5.75 Å². The van der Waals surface area contributed by atoms with E-state index in [-0.39, 0.29) is 19.8 Å². The molecule has 0 aliphatic heterocycles. The Kier molecular flexibility index (Phi) is 13.1. The molecule has 9 nitrogen and oxygen atoms in total. The summed E-state index contributed by atoms with van der Waals surface area (Å²) in [5, 5.41) is 5.26. The second-order valence-electron chi connectivity index (χ2n) is 8.70. The summed E-state index contributed by atoms with van der Waals surface area (Å²) >= 11 is 0. The molecule has 0 spiro atoms. The largest absolute Gasteiger partial charge is 0.490 e. The third-order valence-corrected chi connectivity index (χ3v) is 5.89. The highest BCUT2D eigenvalue weighted by molar-refractivity contribution is 5.89. The third kappa shape index (κ3) is 10.9. The molecule has 0 heterocycles. The third-order valence-electron chi connectivity index (χ3n) is 5.89. The van der Waals surface area contributed by atoms with Crippen molar-refractivity contribution in [3.8, 4) is 5.75 Å². The predicted molar refractivity (Wildman–Crippen MR) is 151 cm³/mol. The van der Waals surface area contributed by atoms with Crippen LogP contribution in [0, 0.1) is 6.92 Å². The van der Waals surface area contributed by atoms with Gasteiger partial charge < -0.3 is 18.9 Å². The minimum atomic E-state index is -0.893. The Bertz CT molecular complexity index is 1120. The minimum Gasteiger partial charge on any atom is -0.490 e. The number of benzene rings is 2. The number of esters is 1. The summed E-state index contributed by atoms with van der Waals surface area (Å²) in [4.78, 5) is 36.3. The second-order valence-corrected chi connectivity index (χ2v) is 8.70. The maximum absolute atomic E-state index is 12.7. The van der Waals surface area contributed by atoms with E-state index < -0.39 is 24.3 Å². The number of hydrogen-bond acceptors (Lipinski definition) is 7. The van der Waals surface area contributed by atoms with Crippen molar-refractivity contribution in [3.05, 3.63) is 78.4 Å². The van der Waals surface area contributed by atoms with Gasteiger partial charge in [0.1, 0.15) is 25.6 Å². The lowest BCUT2D eigenvalue weighted by Gasteiger charge is -2.20. The Labute approximate surface area is 230 Å². The van der Waals surface area contributed by atoms with Gasteiger partial charge in [0.25, 0.3) is 0 Å². The fourth-order valence-corrected chi connectivity index (χ4v) is 3.63. The van der Waals surface area contributed by atoms with E-state index in [2.05, 4.69) is 31.1 Å². The van der Waals surface area contributed by atoms with E-state index in [1.165, 1.54) is 5.56 Å². The molecule has 0 aliphatic rings. The molecule has 39 heavy (non-hydrogen) atoms. The lowest BCUT2D eigenvalue weighted by atomic mass is 9.94. The Morgan fingerprint density at radius 3 is 2.31 bits per heavy atom. The molecule has 0 saturated carbocycles. The van der Waals surface area contributed by atoms with Crippen LogP contribution in [0.3, 0.4) is 0 Å². The number of aryl methyl sites for hydroxylation is 1. The molecule has 1 atom stereocenters. The average Bonchev–Trinajstić information content (AvgIpc) is 2.93. The molecule has 2 aromatic carbocycles. The van der Waals surface area contributed by atoms with Crippen LogP contribution in [0.1, 0.15) is 50.7 Å². The van der Waals surface area contributed by atoms with Crippen molar-refractivity contribution in [3.63, 3.8) is 0 Å². The minimum absolute atomic E-state index is 0.0409. The van der Waals surface area contributed by atoms with Gasteiger partial charge >= 0.3 is 18.2 Å². The first-order chi connectivity index (χ1) is 18.8. The number of carbonyl (C=O) groups is 3. The summed E-state index contributed by atoms with van der Waals surface area (Å²) in [5.41, 5.74) is 2.82. The van der Waals surface area contributed by atoms with Gasteiger partial charge in [0.05, 0.1) is 0 Å². The molecular formula is C30H38N2O7. The predicted octanol–water partition coefficient (Wildman–Crippen LogP) is 6.75. The van der Waals surface area contributed by atoms with Crippen LogP contribution in [0.2, 0.25) is 0 Å². The van der Waals surface area contributed by atoms with Crippen LogP contribution in [0.15, 0.2) is 67.3 Å². The molecule has 1 unspecified atom stereocenters. The molecule has 2 N–H and O–H groups in total. The number of amides is 2.